The minimum absolute atomic E-state index is 0.155. The van der Waals surface area contributed by atoms with E-state index in [1.807, 2.05) is 0 Å². The lowest BCUT2D eigenvalue weighted by Crippen LogP contribution is -2.42. The number of carbonyl (C=O) groups is 1. The smallest absolute Gasteiger partial charge is 0.220 e. The van der Waals surface area contributed by atoms with Crippen LogP contribution in [-0.2, 0) is 4.79 Å². The predicted molar refractivity (Wildman–Crippen MR) is 79.9 cm³/mol. The van der Waals surface area contributed by atoms with E-state index in [2.05, 4.69) is 31.0 Å². The largest absolute Gasteiger partial charge is 0.352 e. The molecule has 2 atom stereocenters. The molecule has 1 aliphatic rings. The van der Waals surface area contributed by atoms with Gasteiger partial charge in [0.25, 0.3) is 0 Å². The topological polar surface area (TPSA) is 58.4 Å². The Balaban J connectivity index is 2.24. The molecule has 1 rings (SSSR count). The van der Waals surface area contributed by atoms with Gasteiger partial charge in [0, 0.05) is 19.0 Å². The zero-order valence-electron chi connectivity index (χ0n) is 12.8. The Morgan fingerprint density at radius 1 is 1.26 bits per heavy atom. The summed E-state index contributed by atoms with van der Waals surface area (Å²) in [7, 11) is 0. The summed E-state index contributed by atoms with van der Waals surface area (Å²) < 4.78 is 0. The Morgan fingerprint density at radius 3 is 2.42 bits per heavy atom. The predicted octanol–water partition coefficient (Wildman–Crippen LogP) is 1.60. The van der Waals surface area contributed by atoms with E-state index in [1.54, 1.807) is 0 Å². The maximum absolute atomic E-state index is 12.0. The third-order valence-corrected chi connectivity index (χ3v) is 3.75. The molecule has 0 aromatic heterocycles. The van der Waals surface area contributed by atoms with Crippen LogP contribution in [0.3, 0.4) is 0 Å². The van der Waals surface area contributed by atoms with Crippen LogP contribution in [0.2, 0.25) is 0 Å². The van der Waals surface area contributed by atoms with Crippen molar-refractivity contribution in [1.29, 1.82) is 0 Å². The molecule has 0 aliphatic carbocycles. The number of nitrogens with two attached hydrogens (primary N) is 1. The molecule has 4 heteroatoms. The molecule has 0 bridgehead atoms. The zero-order chi connectivity index (χ0) is 14.3. The fraction of sp³-hybridized carbons (Fsp3) is 0.933. The number of carbonyl (C=O) groups excluding carboxylic acids is 1. The van der Waals surface area contributed by atoms with E-state index < -0.39 is 0 Å². The number of rotatable bonds is 8. The van der Waals surface area contributed by atoms with E-state index in [0.29, 0.717) is 24.8 Å². The second-order valence-corrected chi connectivity index (χ2v) is 6.41. The van der Waals surface area contributed by atoms with Crippen molar-refractivity contribution in [3.05, 3.63) is 0 Å². The summed E-state index contributed by atoms with van der Waals surface area (Å²) in [5, 5.41) is 3.11. The summed E-state index contributed by atoms with van der Waals surface area (Å²) >= 11 is 0. The third-order valence-electron chi connectivity index (χ3n) is 3.75. The molecule has 4 nitrogen and oxygen atoms in total. The summed E-state index contributed by atoms with van der Waals surface area (Å²) in [5.41, 5.74) is 5.74. The van der Waals surface area contributed by atoms with Gasteiger partial charge in [-0.25, -0.2) is 0 Å². The molecular weight excluding hydrogens is 238 g/mol. The Labute approximate surface area is 118 Å². The lowest BCUT2D eigenvalue weighted by molar-refractivity contribution is -0.122. The number of likely N-dealkylation sites (tertiary alicyclic amines) is 1. The van der Waals surface area contributed by atoms with Crippen LogP contribution in [0.15, 0.2) is 0 Å². The summed E-state index contributed by atoms with van der Waals surface area (Å²) in [6, 6.07) is 0.239. The van der Waals surface area contributed by atoms with Gasteiger partial charge in [-0.05, 0) is 57.7 Å². The van der Waals surface area contributed by atoms with Gasteiger partial charge in [0.15, 0.2) is 0 Å². The first-order valence-electron chi connectivity index (χ1n) is 7.73. The van der Waals surface area contributed by atoms with Gasteiger partial charge in [0.2, 0.25) is 5.91 Å². The number of hydrogen-bond donors (Lipinski definition) is 2. The van der Waals surface area contributed by atoms with Gasteiger partial charge >= 0.3 is 0 Å². The van der Waals surface area contributed by atoms with E-state index in [1.165, 1.54) is 25.9 Å². The van der Waals surface area contributed by atoms with E-state index in [-0.39, 0.29) is 11.9 Å². The van der Waals surface area contributed by atoms with Gasteiger partial charge in [-0.2, -0.15) is 0 Å². The van der Waals surface area contributed by atoms with Crippen LogP contribution >= 0.6 is 0 Å². The van der Waals surface area contributed by atoms with Crippen LogP contribution in [0.25, 0.3) is 0 Å². The Morgan fingerprint density at radius 2 is 1.89 bits per heavy atom. The fourth-order valence-corrected chi connectivity index (χ4v) is 2.92. The highest BCUT2D eigenvalue weighted by Crippen LogP contribution is 2.14. The summed E-state index contributed by atoms with van der Waals surface area (Å²) in [6.07, 6.45) is 4.19. The normalized spacial score (nSPS) is 19.6. The van der Waals surface area contributed by atoms with Crippen molar-refractivity contribution in [2.24, 2.45) is 17.6 Å². The zero-order valence-corrected chi connectivity index (χ0v) is 12.8. The Hall–Kier alpha value is -0.610. The third kappa shape index (κ3) is 6.92. The van der Waals surface area contributed by atoms with Crippen molar-refractivity contribution in [3.63, 3.8) is 0 Å². The molecule has 1 unspecified atom stereocenters. The SMILES string of the molecule is CC(C)C[C@H](CN)CC(=O)NC(C)CN1CCCC1. The van der Waals surface area contributed by atoms with Crippen molar-refractivity contribution in [3.8, 4) is 0 Å². The van der Waals surface area contributed by atoms with Crippen LogP contribution < -0.4 is 11.1 Å². The standard InChI is InChI=1S/C15H31N3O/c1-12(2)8-14(10-16)9-15(19)17-13(3)11-18-6-4-5-7-18/h12-14H,4-11,16H2,1-3H3,(H,17,19)/t13?,14-/m0/s1. The number of nitrogens with one attached hydrogen (secondary N) is 1. The second-order valence-electron chi connectivity index (χ2n) is 6.41. The summed E-state index contributed by atoms with van der Waals surface area (Å²) in [5.74, 6) is 1.07. The Bertz CT molecular complexity index is 262. The fourth-order valence-electron chi connectivity index (χ4n) is 2.92. The van der Waals surface area contributed by atoms with Crippen LogP contribution in [-0.4, -0.2) is 43.0 Å². The van der Waals surface area contributed by atoms with Crippen LogP contribution in [0.5, 0.6) is 0 Å². The first-order chi connectivity index (χ1) is 9.01. The van der Waals surface area contributed by atoms with Gasteiger partial charge in [0.05, 0.1) is 0 Å². The molecule has 0 spiro atoms. The second kappa shape index (κ2) is 8.54. The molecule has 1 fully saturated rings. The van der Waals surface area contributed by atoms with Gasteiger partial charge in [-0.15, -0.1) is 0 Å². The Kier molecular flexibility index (Phi) is 7.39. The van der Waals surface area contributed by atoms with E-state index >= 15 is 0 Å². The van der Waals surface area contributed by atoms with Crippen molar-refractivity contribution < 1.29 is 4.79 Å². The van der Waals surface area contributed by atoms with Gasteiger partial charge in [-0.1, -0.05) is 13.8 Å². The minimum Gasteiger partial charge on any atom is -0.352 e. The lowest BCUT2D eigenvalue weighted by Gasteiger charge is -2.22. The van der Waals surface area contributed by atoms with Crippen LogP contribution in [0, 0.1) is 11.8 Å². The molecule has 0 aromatic rings. The molecule has 3 N–H and O–H groups in total. The number of amides is 1. The van der Waals surface area contributed by atoms with Crippen LogP contribution in [0.1, 0.15) is 46.5 Å². The highest BCUT2D eigenvalue weighted by Gasteiger charge is 2.18. The summed E-state index contributed by atoms with van der Waals surface area (Å²) in [4.78, 5) is 14.4. The molecule has 112 valence electrons. The molecule has 0 radical (unpaired) electrons. The van der Waals surface area contributed by atoms with E-state index in [9.17, 15) is 4.79 Å². The van der Waals surface area contributed by atoms with Crippen molar-refractivity contribution in [2.45, 2.75) is 52.5 Å². The number of nitrogens with zero attached hydrogens (tertiary/aromatic N) is 1. The monoisotopic (exact) mass is 269 g/mol. The van der Waals surface area contributed by atoms with E-state index in [0.717, 1.165) is 13.0 Å². The molecule has 1 aliphatic heterocycles. The van der Waals surface area contributed by atoms with Crippen molar-refractivity contribution in [1.82, 2.24) is 10.2 Å². The van der Waals surface area contributed by atoms with Gasteiger partial charge in [0.1, 0.15) is 0 Å². The quantitative estimate of drug-likeness (QED) is 0.703. The first kappa shape index (κ1) is 16.4. The maximum Gasteiger partial charge on any atom is 0.220 e. The van der Waals surface area contributed by atoms with E-state index in [4.69, 9.17) is 5.73 Å². The van der Waals surface area contributed by atoms with Crippen LogP contribution in [0.4, 0.5) is 0 Å². The summed E-state index contributed by atoms with van der Waals surface area (Å²) in [6.45, 7) is 10.4. The molecule has 0 aromatic carbocycles. The first-order valence-corrected chi connectivity index (χ1v) is 7.73. The highest BCUT2D eigenvalue weighted by molar-refractivity contribution is 5.76. The lowest BCUT2D eigenvalue weighted by atomic mass is 9.94. The highest BCUT2D eigenvalue weighted by atomic mass is 16.1. The average Bonchev–Trinajstić information content (AvgIpc) is 2.79. The molecule has 1 heterocycles. The van der Waals surface area contributed by atoms with Gasteiger partial charge in [-0.3, -0.25) is 4.79 Å². The molecule has 19 heavy (non-hydrogen) atoms. The molecule has 0 saturated carbocycles. The molecular formula is C15H31N3O. The van der Waals surface area contributed by atoms with Crippen molar-refractivity contribution in [2.75, 3.05) is 26.2 Å². The van der Waals surface area contributed by atoms with Gasteiger partial charge < -0.3 is 16.0 Å². The maximum atomic E-state index is 12.0. The average molecular weight is 269 g/mol. The minimum atomic E-state index is 0.155. The molecule has 1 amide bonds. The van der Waals surface area contributed by atoms with Crippen molar-refractivity contribution >= 4 is 5.91 Å². The number of hydrogen-bond acceptors (Lipinski definition) is 3. The molecule has 1 saturated heterocycles.